The van der Waals surface area contributed by atoms with Crippen molar-refractivity contribution in [2.75, 3.05) is 6.26 Å². The molecule has 0 saturated heterocycles. The number of rotatable bonds is 0. The summed E-state index contributed by atoms with van der Waals surface area (Å²) in [6.45, 7) is 0.595. The third-order valence-electron chi connectivity index (χ3n) is 1.92. The Bertz CT molecular complexity index is 446. The summed E-state index contributed by atoms with van der Waals surface area (Å²) in [6, 6.07) is 5.82. The molecule has 0 aliphatic carbocycles. The third-order valence-corrected chi connectivity index (χ3v) is 4.23. The lowest BCUT2D eigenvalue weighted by atomic mass is 10.2. The topological polar surface area (TPSA) is 29.4 Å². The van der Waals surface area contributed by atoms with Crippen LogP contribution in [-0.2, 0) is 16.3 Å². The standard InChI is InChI=1S/C8H8BrNOS/c1-12(11)8-4-7(9)3-2-6(8)5-10-12/h2-4H,5H2,1H3. The van der Waals surface area contributed by atoms with E-state index < -0.39 is 9.73 Å². The van der Waals surface area contributed by atoms with E-state index in [1.807, 2.05) is 18.2 Å². The van der Waals surface area contributed by atoms with Crippen molar-refractivity contribution < 1.29 is 4.21 Å². The van der Waals surface area contributed by atoms with E-state index in [0.717, 1.165) is 14.9 Å². The molecule has 0 fully saturated rings. The molecule has 4 heteroatoms. The number of nitrogens with zero attached hydrogens (tertiary/aromatic N) is 1. The molecule has 1 atom stereocenters. The van der Waals surface area contributed by atoms with Crippen LogP contribution in [0.5, 0.6) is 0 Å². The van der Waals surface area contributed by atoms with Gasteiger partial charge in [-0.1, -0.05) is 22.0 Å². The van der Waals surface area contributed by atoms with Gasteiger partial charge in [-0.05, 0) is 17.7 Å². The van der Waals surface area contributed by atoms with E-state index in [-0.39, 0.29) is 0 Å². The highest BCUT2D eigenvalue weighted by Crippen LogP contribution is 2.28. The van der Waals surface area contributed by atoms with Gasteiger partial charge in [0.05, 0.1) is 21.2 Å². The Hall–Kier alpha value is -0.350. The molecule has 0 bridgehead atoms. The maximum absolute atomic E-state index is 11.8. The van der Waals surface area contributed by atoms with Crippen LogP contribution in [0.3, 0.4) is 0 Å². The zero-order chi connectivity index (χ0) is 8.77. The van der Waals surface area contributed by atoms with Crippen molar-refractivity contribution in [3.05, 3.63) is 28.2 Å². The average molecular weight is 246 g/mol. The summed E-state index contributed by atoms with van der Waals surface area (Å²) in [5, 5.41) is 0. The first kappa shape index (κ1) is 8.26. The van der Waals surface area contributed by atoms with E-state index in [9.17, 15) is 4.21 Å². The van der Waals surface area contributed by atoms with Gasteiger partial charge in [-0.3, -0.25) is 0 Å². The Labute approximate surface area is 80.3 Å². The number of halogens is 1. The predicted molar refractivity (Wildman–Crippen MR) is 52.6 cm³/mol. The summed E-state index contributed by atoms with van der Waals surface area (Å²) in [5.41, 5.74) is 1.09. The molecule has 0 spiro atoms. The first-order valence-electron chi connectivity index (χ1n) is 3.56. The van der Waals surface area contributed by atoms with Gasteiger partial charge in [0.1, 0.15) is 0 Å². The van der Waals surface area contributed by atoms with Gasteiger partial charge in [-0.25, -0.2) is 8.57 Å². The first-order valence-corrected chi connectivity index (χ1v) is 6.27. The van der Waals surface area contributed by atoms with Crippen molar-refractivity contribution in [2.24, 2.45) is 4.36 Å². The average Bonchev–Trinajstić information content (AvgIpc) is 2.28. The molecule has 0 N–H and O–H groups in total. The van der Waals surface area contributed by atoms with Crippen LogP contribution in [0.15, 0.2) is 31.9 Å². The Kier molecular flexibility index (Phi) is 1.77. The monoisotopic (exact) mass is 245 g/mol. The fourth-order valence-corrected chi connectivity index (χ4v) is 3.28. The molecule has 1 aliphatic rings. The van der Waals surface area contributed by atoms with Gasteiger partial charge >= 0.3 is 0 Å². The lowest BCUT2D eigenvalue weighted by molar-refractivity contribution is 0.681. The molecule has 0 radical (unpaired) electrons. The van der Waals surface area contributed by atoms with Crippen LogP contribution < -0.4 is 0 Å². The Morgan fingerprint density at radius 1 is 1.58 bits per heavy atom. The van der Waals surface area contributed by atoms with Gasteiger partial charge in [0.15, 0.2) is 0 Å². The van der Waals surface area contributed by atoms with Crippen molar-refractivity contribution in [3.63, 3.8) is 0 Å². The Morgan fingerprint density at radius 2 is 2.33 bits per heavy atom. The lowest BCUT2D eigenvalue weighted by Crippen LogP contribution is -1.93. The molecule has 1 aromatic carbocycles. The largest absolute Gasteiger partial charge is 0.245 e. The van der Waals surface area contributed by atoms with Gasteiger partial charge < -0.3 is 0 Å². The highest BCUT2D eigenvalue weighted by atomic mass is 79.9. The van der Waals surface area contributed by atoms with Crippen LogP contribution >= 0.6 is 15.9 Å². The second kappa shape index (κ2) is 2.57. The van der Waals surface area contributed by atoms with E-state index in [0.29, 0.717) is 6.54 Å². The van der Waals surface area contributed by atoms with Crippen LogP contribution in [0.25, 0.3) is 0 Å². The van der Waals surface area contributed by atoms with E-state index in [1.165, 1.54) is 0 Å². The van der Waals surface area contributed by atoms with E-state index in [4.69, 9.17) is 0 Å². The first-order chi connectivity index (χ1) is 5.59. The molecule has 0 saturated carbocycles. The summed E-state index contributed by atoms with van der Waals surface area (Å²) in [4.78, 5) is 0.886. The predicted octanol–water partition coefficient (Wildman–Crippen LogP) is 2.42. The third kappa shape index (κ3) is 1.19. The normalized spacial score (nSPS) is 26.5. The zero-order valence-electron chi connectivity index (χ0n) is 6.58. The summed E-state index contributed by atoms with van der Waals surface area (Å²) in [6.07, 6.45) is 1.69. The minimum atomic E-state index is -2.08. The second-order valence-corrected chi connectivity index (χ2v) is 6.06. The number of fused-ring (bicyclic) bond motifs is 1. The lowest BCUT2D eigenvalue weighted by Gasteiger charge is -2.00. The minimum absolute atomic E-state index is 0.595. The maximum atomic E-state index is 11.8. The molecule has 1 heterocycles. The highest BCUT2D eigenvalue weighted by Gasteiger charge is 2.17. The van der Waals surface area contributed by atoms with Crippen LogP contribution in [0, 0.1) is 0 Å². The fourth-order valence-electron chi connectivity index (χ4n) is 1.27. The minimum Gasteiger partial charge on any atom is -0.245 e. The maximum Gasteiger partial charge on any atom is 0.0750 e. The molecule has 0 aromatic heterocycles. The summed E-state index contributed by atoms with van der Waals surface area (Å²) >= 11 is 3.35. The quantitative estimate of drug-likeness (QED) is 0.691. The Balaban J connectivity index is 2.74. The van der Waals surface area contributed by atoms with E-state index >= 15 is 0 Å². The van der Waals surface area contributed by atoms with Crippen LogP contribution in [0.4, 0.5) is 0 Å². The van der Waals surface area contributed by atoms with Crippen LogP contribution in [-0.4, -0.2) is 10.5 Å². The molecular formula is C8H8BrNOS. The van der Waals surface area contributed by atoms with Gasteiger partial charge in [0, 0.05) is 10.7 Å². The Morgan fingerprint density at radius 3 is 3.08 bits per heavy atom. The summed E-state index contributed by atoms with van der Waals surface area (Å²) in [5.74, 6) is 0. The van der Waals surface area contributed by atoms with Gasteiger partial charge in [-0.15, -0.1) is 0 Å². The number of benzene rings is 1. The zero-order valence-corrected chi connectivity index (χ0v) is 8.98. The van der Waals surface area contributed by atoms with Gasteiger partial charge in [-0.2, -0.15) is 0 Å². The number of hydrogen-bond acceptors (Lipinski definition) is 2. The summed E-state index contributed by atoms with van der Waals surface area (Å²) in [7, 11) is -2.08. The van der Waals surface area contributed by atoms with Crippen LogP contribution in [0.2, 0.25) is 0 Å². The molecular weight excluding hydrogens is 238 g/mol. The fraction of sp³-hybridized carbons (Fsp3) is 0.250. The van der Waals surface area contributed by atoms with Gasteiger partial charge in [0.2, 0.25) is 0 Å². The molecule has 1 aromatic rings. The van der Waals surface area contributed by atoms with Crippen molar-refractivity contribution in [2.45, 2.75) is 11.4 Å². The SMILES string of the molecule is CS1(=O)=NCc2ccc(Br)cc21. The molecule has 2 nitrogen and oxygen atoms in total. The molecule has 1 aliphatic heterocycles. The second-order valence-electron chi connectivity index (χ2n) is 2.84. The van der Waals surface area contributed by atoms with Crippen molar-refractivity contribution in [1.29, 1.82) is 0 Å². The van der Waals surface area contributed by atoms with E-state index in [1.54, 1.807) is 6.26 Å². The van der Waals surface area contributed by atoms with Crippen molar-refractivity contribution in [1.82, 2.24) is 0 Å². The number of hydrogen-bond donors (Lipinski definition) is 0. The smallest absolute Gasteiger partial charge is 0.0750 e. The molecule has 12 heavy (non-hydrogen) atoms. The molecule has 1 unspecified atom stereocenters. The van der Waals surface area contributed by atoms with Crippen molar-refractivity contribution in [3.8, 4) is 0 Å². The summed E-state index contributed by atoms with van der Waals surface area (Å²) < 4.78 is 16.8. The van der Waals surface area contributed by atoms with Gasteiger partial charge in [0.25, 0.3) is 0 Å². The van der Waals surface area contributed by atoms with E-state index in [2.05, 4.69) is 20.3 Å². The molecule has 0 amide bonds. The van der Waals surface area contributed by atoms with Crippen LogP contribution in [0.1, 0.15) is 5.56 Å². The molecule has 64 valence electrons. The highest BCUT2D eigenvalue weighted by molar-refractivity contribution is 9.10. The van der Waals surface area contributed by atoms with Crippen molar-refractivity contribution >= 4 is 25.7 Å². The molecule has 2 rings (SSSR count).